The van der Waals surface area contributed by atoms with E-state index in [0.717, 1.165) is 5.76 Å². The summed E-state index contributed by atoms with van der Waals surface area (Å²) in [7, 11) is 0. The van der Waals surface area contributed by atoms with E-state index < -0.39 is 26.2 Å². The molecule has 0 aliphatic carbocycles. The molecule has 4 N–H and O–H groups in total. The second-order valence-corrected chi connectivity index (χ2v) is 10.0. The van der Waals surface area contributed by atoms with Gasteiger partial charge in [-0.15, -0.1) is 0 Å². The van der Waals surface area contributed by atoms with Crippen molar-refractivity contribution in [2.75, 3.05) is 17.2 Å². The molecule has 1 aliphatic heterocycles. The van der Waals surface area contributed by atoms with E-state index in [2.05, 4.69) is 33.2 Å². The van der Waals surface area contributed by atoms with E-state index >= 15 is 0 Å². The van der Waals surface area contributed by atoms with Crippen molar-refractivity contribution in [1.29, 1.82) is 0 Å². The van der Waals surface area contributed by atoms with E-state index in [-0.39, 0.29) is 30.0 Å². The third kappa shape index (κ3) is 4.01. The molecule has 1 atom stereocenters. The predicted molar refractivity (Wildman–Crippen MR) is 133 cm³/mol. The maximum Gasteiger partial charge on any atom is 0.257 e. The van der Waals surface area contributed by atoms with Gasteiger partial charge in [-0.1, -0.05) is 18.5 Å². The predicted octanol–water partition coefficient (Wildman–Crippen LogP) is 3.13. The zero-order valence-electron chi connectivity index (χ0n) is 17.8. The Hall–Kier alpha value is -2.86. The summed E-state index contributed by atoms with van der Waals surface area (Å²) in [4.78, 5) is 50.4. The van der Waals surface area contributed by atoms with Crippen molar-refractivity contribution in [3.8, 4) is 0 Å². The van der Waals surface area contributed by atoms with Crippen molar-refractivity contribution in [2.24, 2.45) is 5.73 Å². The van der Waals surface area contributed by atoms with Crippen LogP contribution in [0.3, 0.4) is 0 Å². The number of furan rings is 1. The molecule has 11 heteroatoms. The Labute approximate surface area is 207 Å². The first-order valence-electron chi connectivity index (χ1n) is 10.1. The van der Waals surface area contributed by atoms with Gasteiger partial charge in [0.1, 0.15) is 26.4 Å². The fourth-order valence-corrected chi connectivity index (χ4v) is 4.57. The van der Waals surface area contributed by atoms with Gasteiger partial charge in [-0.2, -0.15) is 0 Å². The van der Waals surface area contributed by atoms with Gasteiger partial charge < -0.3 is 25.7 Å². The monoisotopic (exact) mass is 582 g/mol. The average Bonchev–Trinajstić information content (AvgIpc) is 3.36. The summed E-state index contributed by atoms with van der Waals surface area (Å²) in [5.74, 6) is 0.249. The van der Waals surface area contributed by atoms with Crippen LogP contribution in [0, 0.1) is 6.92 Å². The highest BCUT2D eigenvalue weighted by Gasteiger charge is 2.36. The molecule has 0 fully saturated rings. The first kappa shape index (κ1) is 23.3. The number of nitrogens with zero attached hydrogens (tertiary/aromatic N) is 1. The molecule has 0 radical (unpaired) electrons. The number of primary amides is 1. The molecule has 1 unspecified atom stereocenters. The van der Waals surface area contributed by atoms with Crippen LogP contribution in [0.1, 0.15) is 40.8 Å². The van der Waals surface area contributed by atoms with Gasteiger partial charge in [-0.05, 0) is 60.2 Å². The smallest absolute Gasteiger partial charge is 0.257 e. The zero-order chi connectivity index (χ0) is 24.1. The minimum atomic E-state index is -0.763. The van der Waals surface area contributed by atoms with Crippen LogP contribution in [0.15, 0.2) is 38.3 Å². The highest BCUT2D eigenvalue weighted by atomic mass is 127. The average molecular weight is 583 g/mol. The van der Waals surface area contributed by atoms with Crippen molar-refractivity contribution in [3.63, 3.8) is 0 Å². The number of carbonyl (C=O) groups excluding carboxylic acids is 2. The standard InChI is InChI=1S/C22H20ClIN4O5/c1-3-22(24,14-7-4-10(2)33-14)27-18-17(19(30)20(18)31)26-13-6-5-12(23)11-8-28(9-15(25)29)21(32)16(11)13/h4-7,26-27H,3,8-9H2,1-2H3,(H2,25,29). The molecule has 0 saturated carbocycles. The quantitative estimate of drug-likeness (QED) is 0.161. The summed E-state index contributed by atoms with van der Waals surface area (Å²) in [6.45, 7) is 3.60. The lowest BCUT2D eigenvalue weighted by molar-refractivity contribution is -0.118. The first-order valence-corrected chi connectivity index (χ1v) is 11.5. The Morgan fingerprint density at radius 1 is 1.21 bits per heavy atom. The number of carbonyl (C=O) groups is 2. The molecule has 0 spiro atoms. The maximum absolute atomic E-state index is 12.9. The van der Waals surface area contributed by atoms with Gasteiger partial charge in [0, 0.05) is 17.1 Å². The number of hydrogen-bond acceptors (Lipinski definition) is 7. The van der Waals surface area contributed by atoms with Gasteiger partial charge in [0.2, 0.25) is 5.91 Å². The highest BCUT2D eigenvalue weighted by Crippen LogP contribution is 2.40. The molecule has 0 bridgehead atoms. The van der Waals surface area contributed by atoms with E-state index in [1.165, 1.54) is 4.90 Å². The van der Waals surface area contributed by atoms with Crippen LogP contribution in [0.2, 0.25) is 5.02 Å². The Morgan fingerprint density at radius 3 is 2.52 bits per heavy atom. The minimum Gasteiger partial charge on any atom is -0.463 e. The van der Waals surface area contributed by atoms with E-state index in [0.29, 0.717) is 28.5 Å². The largest absolute Gasteiger partial charge is 0.463 e. The van der Waals surface area contributed by atoms with Crippen LogP contribution in [-0.4, -0.2) is 23.3 Å². The van der Waals surface area contributed by atoms with Crippen LogP contribution in [0.25, 0.3) is 0 Å². The second kappa shape index (κ2) is 8.49. The number of nitrogens with one attached hydrogen (secondary N) is 2. The molecular weight excluding hydrogens is 563 g/mol. The third-order valence-corrected chi connectivity index (χ3v) is 7.48. The summed E-state index contributed by atoms with van der Waals surface area (Å²) in [6, 6.07) is 6.78. The van der Waals surface area contributed by atoms with Crippen LogP contribution < -0.4 is 27.2 Å². The summed E-state index contributed by atoms with van der Waals surface area (Å²) in [6.07, 6.45) is 0.565. The normalized spacial score (nSPS) is 14.9. The molecule has 4 rings (SSSR count). The number of anilines is 3. The molecule has 2 amide bonds. The van der Waals surface area contributed by atoms with Gasteiger partial charge in [0.15, 0.2) is 0 Å². The number of hydrogen-bond donors (Lipinski definition) is 3. The molecule has 172 valence electrons. The number of amides is 2. The van der Waals surface area contributed by atoms with Gasteiger partial charge in [0.05, 0.1) is 17.8 Å². The molecule has 9 nitrogen and oxygen atoms in total. The van der Waals surface area contributed by atoms with Crippen LogP contribution >= 0.6 is 34.2 Å². The van der Waals surface area contributed by atoms with Gasteiger partial charge >= 0.3 is 0 Å². The van der Waals surface area contributed by atoms with E-state index in [9.17, 15) is 19.2 Å². The lowest BCUT2D eigenvalue weighted by Gasteiger charge is -2.28. The molecule has 33 heavy (non-hydrogen) atoms. The molecule has 3 aromatic rings. The Bertz CT molecular complexity index is 1360. The Kier molecular flexibility index (Phi) is 5.99. The zero-order valence-corrected chi connectivity index (χ0v) is 20.7. The van der Waals surface area contributed by atoms with E-state index in [4.69, 9.17) is 21.8 Å². The lowest BCUT2D eigenvalue weighted by Crippen LogP contribution is -2.41. The van der Waals surface area contributed by atoms with Gasteiger partial charge in [0.25, 0.3) is 16.8 Å². The number of nitrogens with two attached hydrogens (primary N) is 1. The summed E-state index contributed by atoms with van der Waals surface area (Å²) >= 11 is 8.42. The summed E-state index contributed by atoms with van der Waals surface area (Å²) in [5.41, 5.74) is 5.09. The van der Waals surface area contributed by atoms with Crippen LogP contribution in [-0.2, 0) is 14.9 Å². The number of aryl methyl sites for hydroxylation is 1. The summed E-state index contributed by atoms with van der Waals surface area (Å²) < 4.78 is 4.98. The van der Waals surface area contributed by atoms with Crippen molar-refractivity contribution in [2.45, 2.75) is 30.4 Å². The maximum atomic E-state index is 12.9. The van der Waals surface area contributed by atoms with E-state index in [1.807, 2.05) is 26.0 Å². The lowest BCUT2D eigenvalue weighted by atomic mass is 10.1. The van der Waals surface area contributed by atoms with Crippen LogP contribution in [0.4, 0.5) is 17.1 Å². The number of benzene rings is 1. The van der Waals surface area contributed by atoms with Crippen molar-refractivity contribution < 1.29 is 14.0 Å². The fourth-order valence-electron chi connectivity index (χ4n) is 3.80. The van der Waals surface area contributed by atoms with Gasteiger partial charge in [-0.3, -0.25) is 19.2 Å². The molecule has 1 aliphatic rings. The summed E-state index contributed by atoms with van der Waals surface area (Å²) in [5, 5.41) is 6.43. The van der Waals surface area contributed by atoms with Crippen LogP contribution in [0.5, 0.6) is 0 Å². The van der Waals surface area contributed by atoms with Crippen molar-refractivity contribution in [3.05, 3.63) is 72.4 Å². The second-order valence-electron chi connectivity index (χ2n) is 7.80. The van der Waals surface area contributed by atoms with E-state index in [1.54, 1.807) is 12.1 Å². The topological polar surface area (TPSA) is 135 Å². The van der Waals surface area contributed by atoms with Crippen molar-refractivity contribution in [1.82, 2.24) is 4.90 Å². The van der Waals surface area contributed by atoms with Gasteiger partial charge in [-0.25, -0.2) is 0 Å². The number of fused-ring (bicyclic) bond motifs is 1. The molecular formula is C22H20ClIN4O5. The third-order valence-electron chi connectivity index (χ3n) is 5.56. The Morgan fingerprint density at radius 2 is 1.91 bits per heavy atom. The highest BCUT2D eigenvalue weighted by molar-refractivity contribution is 14.1. The Balaban J connectivity index is 1.68. The molecule has 1 aromatic heterocycles. The number of halogens is 2. The SMILES string of the molecule is CCC(I)(Nc1c(Nc2ccc(Cl)c3c2C(=O)N(CC(N)=O)C3)c(=O)c1=O)c1ccc(C)o1. The number of rotatable bonds is 8. The fraction of sp³-hybridized carbons (Fsp3) is 0.273. The first-order chi connectivity index (χ1) is 15.6. The molecule has 0 saturated heterocycles. The molecule has 2 heterocycles. The molecule has 2 aromatic carbocycles. The minimum absolute atomic E-state index is 0.0449. The number of alkyl halides is 1. The van der Waals surface area contributed by atoms with Crippen molar-refractivity contribution >= 4 is 63.1 Å².